The molecule has 0 fully saturated rings. The summed E-state index contributed by atoms with van der Waals surface area (Å²) in [5, 5.41) is 4.26. The summed E-state index contributed by atoms with van der Waals surface area (Å²) in [4.78, 5) is 33.1. The lowest BCUT2D eigenvalue weighted by Gasteiger charge is -2.18. The van der Waals surface area contributed by atoms with Crippen LogP contribution in [0.25, 0.3) is 21.5 Å². The van der Waals surface area contributed by atoms with Crippen molar-refractivity contribution in [3.63, 3.8) is 0 Å². The molecule has 0 radical (unpaired) electrons. The molecule has 3 N–H and O–H groups in total. The first-order valence-corrected chi connectivity index (χ1v) is 13.0. The fourth-order valence-electron chi connectivity index (χ4n) is 4.35. The number of nitrogens with two attached hydrogens (primary N) is 1. The van der Waals surface area contributed by atoms with Crippen molar-refractivity contribution in [1.82, 2.24) is 4.98 Å². The predicted molar refractivity (Wildman–Crippen MR) is 139 cm³/mol. The quantitative estimate of drug-likeness (QED) is 0.326. The predicted octanol–water partition coefficient (Wildman–Crippen LogP) is 6.16. The van der Waals surface area contributed by atoms with E-state index in [1.807, 2.05) is 42.5 Å². The Balaban J connectivity index is 1.49. The number of fused-ring (bicyclic) bond motifs is 2. The third-order valence-electron chi connectivity index (χ3n) is 6.09. The van der Waals surface area contributed by atoms with Crippen LogP contribution in [0.15, 0.2) is 42.5 Å². The summed E-state index contributed by atoms with van der Waals surface area (Å²) in [6.07, 6.45) is 2.73. The number of aromatic nitrogens is 1. The minimum absolute atomic E-state index is 0.284. The fourth-order valence-corrected chi connectivity index (χ4v) is 6.74. The summed E-state index contributed by atoms with van der Waals surface area (Å²) in [6.45, 7) is 4.27. The van der Waals surface area contributed by atoms with Gasteiger partial charge in [0.05, 0.1) is 23.6 Å². The second-order valence-corrected chi connectivity index (χ2v) is 10.6. The zero-order chi connectivity index (χ0) is 23.8. The van der Waals surface area contributed by atoms with Crippen molar-refractivity contribution in [3.05, 3.63) is 63.3 Å². The lowest BCUT2D eigenvalue weighted by atomic mass is 9.88. The van der Waals surface area contributed by atoms with Crippen LogP contribution < -0.4 is 11.1 Å². The maximum absolute atomic E-state index is 13.3. The number of hydrogen-bond acceptors (Lipinski definition) is 7. The van der Waals surface area contributed by atoms with E-state index in [-0.39, 0.29) is 18.5 Å². The number of thiophene rings is 2. The number of amides is 1. The molecule has 0 spiro atoms. The van der Waals surface area contributed by atoms with Crippen molar-refractivity contribution in [2.75, 3.05) is 17.7 Å². The third kappa shape index (κ3) is 4.08. The number of rotatable bonds is 5. The van der Waals surface area contributed by atoms with E-state index in [4.69, 9.17) is 15.5 Å². The van der Waals surface area contributed by atoms with Crippen LogP contribution in [0.5, 0.6) is 0 Å². The molecule has 1 aliphatic carbocycles. The van der Waals surface area contributed by atoms with E-state index in [0.29, 0.717) is 31.9 Å². The molecule has 8 heteroatoms. The highest BCUT2D eigenvalue weighted by Crippen LogP contribution is 2.41. The number of nitrogens with zero attached hydrogens (tertiary/aromatic N) is 1. The van der Waals surface area contributed by atoms with E-state index in [9.17, 15) is 9.59 Å². The molecule has 0 aliphatic heterocycles. The van der Waals surface area contributed by atoms with Crippen molar-refractivity contribution in [3.8, 4) is 11.3 Å². The summed E-state index contributed by atoms with van der Waals surface area (Å²) >= 11 is 2.73. The van der Waals surface area contributed by atoms with Gasteiger partial charge in [0.25, 0.3) is 5.91 Å². The summed E-state index contributed by atoms with van der Waals surface area (Å²) in [5.74, 6) is -0.171. The van der Waals surface area contributed by atoms with Crippen LogP contribution in [0.2, 0.25) is 0 Å². The zero-order valence-electron chi connectivity index (χ0n) is 19.0. The standard InChI is InChI=1S/C26H25N3O3S2/c1-3-32-26(31)20-16-10-9-14(2)13-19(16)33-25(20)29-23(30)22-21(27)17-11-12-18(28-24(17)34-22)15-7-5-4-6-8-15/h4-8,11-12,14H,3,9-10,13,27H2,1-2H3,(H,29,30). The van der Waals surface area contributed by atoms with Crippen LogP contribution in [0, 0.1) is 5.92 Å². The summed E-state index contributed by atoms with van der Waals surface area (Å²) < 4.78 is 5.32. The topological polar surface area (TPSA) is 94.3 Å². The number of esters is 1. The first-order valence-electron chi connectivity index (χ1n) is 11.3. The van der Waals surface area contributed by atoms with Crippen LogP contribution in [0.1, 0.15) is 50.7 Å². The fraction of sp³-hybridized carbons (Fsp3) is 0.269. The molecule has 0 saturated heterocycles. The largest absolute Gasteiger partial charge is 0.462 e. The Morgan fingerprint density at radius 2 is 1.97 bits per heavy atom. The van der Waals surface area contributed by atoms with Gasteiger partial charge in [0, 0.05) is 15.8 Å². The third-order valence-corrected chi connectivity index (χ3v) is 8.37. The monoisotopic (exact) mass is 491 g/mol. The van der Waals surface area contributed by atoms with E-state index in [0.717, 1.165) is 46.3 Å². The molecule has 4 aromatic rings. The molecule has 5 rings (SSSR count). The van der Waals surface area contributed by atoms with Crippen molar-refractivity contribution in [2.24, 2.45) is 5.92 Å². The molecular formula is C26H25N3O3S2. The number of carbonyl (C=O) groups is 2. The average molecular weight is 492 g/mol. The Labute approximate surface area is 205 Å². The average Bonchev–Trinajstić information content (AvgIpc) is 3.36. The van der Waals surface area contributed by atoms with Crippen molar-refractivity contribution in [1.29, 1.82) is 0 Å². The molecule has 34 heavy (non-hydrogen) atoms. The van der Waals surface area contributed by atoms with Crippen molar-refractivity contribution in [2.45, 2.75) is 33.1 Å². The number of carbonyl (C=O) groups excluding carboxylic acids is 2. The molecule has 0 saturated carbocycles. The Bertz CT molecular complexity index is 1390. The maximum atomic E-state index is 13.3. The Kier molecular flexibility index (Phi) is 6.10. The summed E-state index contributed by atoms with van der Waals surface area (Å²) in [7, 11) is 0. The molecule has 174 valence electrons. The number of hydrogen-bond donors (Lipinski definition) is 2. The SMILES string of the molecule is CCOC(=O)c1c(NC(=O)c2sc3nc(-c4ccccc4)ccc3c2N)sc2c1CCC(C)C2. The number of ether oxygens (including phenoxy) is 1. The smallest absolute Gasteiger partial charge is 0.341 e. The van der Waals surface area contributed by atoms with Gasteiger partial charge in [0.15, 0.2) is 0 Å². The minimum Gasteiger partial charge on any atom is -0.462 e. The van der Waals surface area contributed by atoms with Crippen LogP contribution >= 0.6 is 22.7 Å². The molecule has 0 bridgehead atoms. The van der Waals surface area contributed by atoms with E-state index in [1.165, 1.54) is 22.7 Å². The second kappa shape index (κ2) is 9.19. The zero-order valence-corrected chi connectivity index (χ0v) is 20.6. The van der Waals surface area contributed by atoms with Crippen molar-refractivity contribution < 1.29 is 14.3 Å². The van der Waals surface area contributed by atoms with Gasteiger partial charge in [-0.3, -0.25) is 4.79 Å². The number of anilines is 2. The van der Waals surface area contributed by atoms with Gasteiger partial charge in [-0.25, -0.2) is 9.78 Å². The molecule has 1 unspecified atom stereocenters. The molecule has 3 heterocycles. The van der Waals surface area contributed by atoms with Gasteiger partial charge in [-0.1, -0.05) is 37.3 Å². The highest BCUT2D eigenvalue weighted by atomic mass is 32.1. The number of benzene rings is 1. The van der Waals surface area contributed by atoms with Gasteiger partial charge in [0.1, 0.15) is 14.7 Å². The van der Waals surface area contributed by atoms with Crippen LogP contribution in [0.3, 0.4) is 0 Å². The molecule has 1 aromatic carbocycles. The summed E-state index contributed by atoms with van der Waals surface area (Å²) in [6, 6.07) is 13.7. The highest BCUT2D eigenvalue weighted by molar-refractivity contribution is 7.21. The Hall–Kier alpha value is -3.23. The number of nitrogens with one attached hydrogen (secondary N) is 1. The number of pyridine rings is 1. The molecule has 1 atom stereocenters. The molecule has 1 amide bonds. The Morgan fingerprint density at radius 1 is 1.18 bits per heavy atom. The first kappa shape index (κ1) is 22.6. The van der Waals surface area contributed by atoms with Gasteiger partial charge in [-0.05, 0) is 49.8 Å². The first-order chi connectivity index (χ1) is 16.5. The lowest BCUT2D eigenvalue weighted by molar-refractivity contribution is 0.0526. The second-order valence-electron chi connectivity index (χ2n) is 8.49. The van der Waals surface area contributed by atoms with Crippen LogP contribution in [-0.2, 0) is 17.6 Å². The van der Waals surface area contributed by atoms with E-state index >= 15 is 0 Å². The highest BCUT2D eigenvalue weighted by Gasteiger charge is 2.30. The minimum atomic E-state index is -0.386. The molecular weight excluding hydrogens is 466 g/mol. The molecule has 6 nitrogen and oxygen atoms in total. The van der Waals surface area contributed by atoms with Crippen molar-refractivity contribution >= 4 is 55.5 Å². The van der Waals surface area contributed by atoms with Gasteiger partial charge in [-0.15, -0.1) is 22.7 Å². The number of nitrogen functional groups attached to an aromatic ring is 1. The molecule has 1 aliphatic rings. The molecule has 3 aromatic heterocycles. The van der Waals surface area contributed by atoms with Gasteiger partial charge < -0.3 is 15.8 Å². The lowest BCUT2D eigenvalue weighted by Crippen LogP contribution is -2.16. The normalized spacial score (nSPS) is 15.2. The summed E-state index contributed by atoms with van der Waals surface area (Å²) in [5.41, 5.74) is 10.1. The maximum Gasteiger partial charge on any atom is 0.341 e. The Morgan fingerprint density at radius 3 is 2.74 bits per heavy atom. The van der Waals surface area contributed by atoms with Gasteiger partial charge >= 0.3 is 5.97 Å². The van der Waals surface area contributed by atoms with E-state index in [1.54, 1.807) is 6.92 Å². The van der Waals surface area contributed by atoms with Crippen LogP contribution in [0.4, 0.5) is 10.7 Å². The van der Waals surface area contributed by atoms with E-state index in [2.05, 4.69) is 12.2 Å². The van der Waals surface area contributed by atoms with E-state index < -0.39 is 0 Å². The van der Waals surface area contributed by atoms with Gasteiger partial charge in [0.2, 0.25) is 0 Å². The van der Waals surface area contributed by atoms with Gasteiger partial charge in [-0.2, -0.15) is 0 Å². The van der Waals surface area contributed by atoms with Crippen LogP contribution in [-0.4, -0.2) is 23.5 Å².